The molecule has 1 aliphatic rings. The van der Waals surface area contributed by atoms with Gasteiger partial charge < -0.3 is 4.43 Å². The highest BCUT2D eigenvalue weighted by Gasteiger charge is 2.34. The van der Waals surface area contributed by atoms with Gasteiger partial charge in [0.25, 0.3) is 0 Å². The maximum absolute atomic E-state index is 6.58. The molecule has 0 heterocycles. The zero-order valence-corrected chi connectivity index (χ0v) is 12.0. The van der Waals surface area contributed by atoms with Crippen LogP contribution in [-0.2, 0) is 4.43 Å². The van der Waals surface area contributed by atoms with E-state index in [0.29, 0.717) is 6.10 Å². The standard InChI is InChI=1S/C13H28OSi/c1-5-15(6-2,7-3)14-13-11-9-8-10-12(13)4/h12-13H,5-11H2,1-4H3. The third-order valence-electron chi connectivity index (χ3n) is 4.37. The molecule has 1 aliphatic carbocycles. The lowest BCUT2D eigenvalue weighted by Gasteiger charge is -2.38. The van der Waals surface area contributed by atoms with Crippen molar-refractivity contribution in [3.63, 3.8) is 0 Å². The van der Waals surface area contributed by atoms with Gasteiger partial charge in [-0.1, -0.05) is 40.5 Å². The van der Waals surface area contributed by atoms with Crippen molar-refractivity contribution in [2.45, 2.75) is 77.6 Å². The summed E-state index contributed by atoms with van der Waals surface area (Å²) < 4.78 is 6.58. The highest BCUT2D eigenvalue weighted by molar-refractivity contribution is 6.73. The van der Waals surface area contributed by atoms with Crippen LogP contribution in [0.15, 0.2) is 0 Å². The smallest absolute Gasteiger partial charge is 0.192 e. The molecule has 1 saturated carbocycles. The van der Waals surface area contributed by atoms with E-state index in [9.17, 15) is 0 Å². The van der Waals surface area contributed by atoms with E-state index in [4.69, 9.17) is 4.43 Å². The van der Waals surface area contributed by atoms with Crippen LogP contribution in [0.3, 0.4) is 0 Å². The Balaban J connectivity index is 2.56. The molecule has 0 bridgehead atoms. The molecule has 0 aromatic rings. The van der Waals surface area contributed by atoms with Crippen LogP contribution >= 0.6 is 0 Å². The molecule has 0 N–H and O–H groups in total. The maximum Gasteiger partial charge on any atom is 0.192 e. The van der Waals surface area contributed by atoms with Crippen LogP contribution in [0.25, 0.3) is 0 Å². The van der Waals surface area contributed by atoms with Crippen LogP contribution in [0.4, 0.5) is 0 Å². The van der Waals surface area contributed by atoms with E-state index in [1.54, 1.807) is 0 Å². The Bertz CT molecular complexity index is 169. The monoisotopic (exact) mass is 228 g/mol. The average molecular weight is 228 g/mol. The van der Waals surface area contributed by atoms with Crippen LogP contribution in [0, 0.1) is 5.92 Å². The predicted octanol–water partition coefficient (Wildman–Crippen LogP) is 4.59. The molecule has 2 heteroatoms. The molecule has 0 aromatic carbocycles. The normalized spacial score (nSPS) is 28.0. The van der Waals surface area contributed by atoms with Crippen molar-refractivity contribution in [3.05, 3.63) is 0 Å². The molecule has 1 rings (SSSR count). The molecule has 90 valence electrons. The second-order valence-electron chi connectivity index (χ2n) is 5.16. The highest BCUT2D eigenvalue weighted by Crippen LogP contribution is 2.32. The first-order valence-electron chi connectivity index (χ1n) is 6.85. The van der Waals surface area contributed by atoms with Gasteiger partial charge in [0.2, 0.25) is 0 Å². The van der Waals surface area contributed by atoms with E-state index in [0.717, 1.165) is 5.92 Å². The van der Waals surface area contributed by atoms with E-state index in [-0.39, 0.29) is 0 Å². The molecule has 0 amide bonds. The van der Waals surface area contributed by atoms with E-state index in [1.807, 2.05) is 0 Å². The summed E-state index contributed by atoms with van der Waals surface area (Å²) in [4.78, 5) is 0. The second-order valence-corrected chi connectivity index (χ2v) is 9.88. The summed E-state index contributed by atoms with van der Waals surface area (Å²) in [6.07, 6.45) is 6.09. The van der Waals surface area contributed by atoms with Crippen molar-refractivity contribution in [2.24, 2.45) is 5.92 Å². The molecular formula is C13H28OSi. The average Bonchev–Trinajstić information content (AvgIpc) is 2.29. The Morgan fingerprint density at radius 1 is 1.00 bits per heavy atom. The fraction of sp³-hybridized carbons (Fsp3) is 1.00. The Hall–Kier alpha value is 0.177. The van der Waals surface area contributed by atoms with Crippen LogP contribution < -0.4 is 0 Å². The minimum Gasteiger partial charge on any atom is -0.414 e. The Morgan fingerprint density at radius 2 is 1.53 bits per heavy atom. The van der Waals surface area contributed by atoms with Crippen LogP contribution in [-0.4, -0.2) is 14.4 Å². The predicted molar refractivity (Wildman–Crippen MR) is 69.7 cm³/mol. The first-order valence-corrected chi connectivity index (χ1v) is 9.38. The minimum absolute atomic E-state index is 0.588. The van der Waals surface area contributed by atoms with Gasteiger partial charge >= 0.3 is 0 Å². The van der Waals surface area contributed by atoms with E-state index < -0.39 is 8.32 Å². The lowest BCUT2D eigenvalue weighted by Crippen LogP contribution is -2.42. The van der Waals surface area contributed by atoms with Crippen molar-refractivity contribution in [2.75, 3.05) is 0 Å². The van der Waals surface area contributed by atoms with E-state index >= 15 is 0 Å². The lowest BCUT2D eigenvalue weighted by molar-refractivity contribution is 0.0913. The molecule has 15 heavy (non-hydrogen) atoms. The molecular weight excluding hydrogens is 200 g/mol. The summed E-state index contributed by atoms with van der Waals surface area (Å²) in [5.41, 5.74) is 0. The summed E-state index contributed by atoms with van der Waals surface area (Å²) in [5, 5.41) is 0. The van der Waals surface area contributed by atoms with Crippen molar-refractivity contribution < 1.29 is 4.43 Å². The summed E-state index contributed by atoms with van der Waals surface area (Å²) in [5.74, 6) is 0.801. The van der Waals surface area contributed by atoms with Crippen molar-refractivity contribution in [1.29, 1.82) is 0 Å². The molecule has 2 atom stereocenters. The third-order valence-corrected chi connectivity index (χ3v) is 9.04. The Kier molecular flexibility index (Phi) is 5.34. The second kappa shape index (κ2) is 6.05. The molecule has 0 aromatic heterocycles. The van der Waals surface area contributed by atoms with Gasteiger partial charge in [0.05, 0.1) is 0 Å². The fourth-order valence-corrected chi connectivity index (χ4v) is 5.77. The number of hydrogen-bond acceptors (Lipinski definition) is 1. The fourth-order valence-electron chi connectivity index (χ4n) is 2.78. The van der Waals surface area contributed by atoms with E-state index in [2.05, 4.69) is 27.7 Å². The molecule has 0 radical (unpaired) electrons. The van der Waals surface area contributed by atoms with Gasteiger partial charge in [-0.2, -0.15) is 0 Å². The Labute approximate surface area is 96.7 Å². The quantitative estimate of drug-likeness (QED) is 0.626. The molecule has 2 unspecified atom stereocenters. The Morgan fingerprint density at radius 3 is 2.00 bits per heavy atom. The summed E-state index contributed by atoms with van der Waals surface area (Å²) in [7, 11) is -1.35. The lowest BCUT2D eigenvalue weighted by atomic mass is 9.88. The maximum atomic E-state index is 6.58. The van der Waals surface area contributed by atoms with Gasteiger partial charge in [-0.15, -0.1) is 0 Å². The first kappa shape index (κ1) is 13.2. The van der Waals surface area contributed by atoms with Crippen LogP contribution in [0.5, 0.6) is 0 Å². The van der Waals surface area contributed by atoms with Gasteiger partial charge in [-0.25, -0.2) is 0 Å². The minimum atomic E-state index is -1.35. The first-order chi connectivity index (χ1) is 7.17. The van der Waals surface area contributed by atoms with Crippen LogP contribution in [0.1, 0.15) is 53.4 Å². The zero-order chi connectivity index (χ0) is 11.3. The zero-order valence-electron chi connectivity index (χ0n) is 11.0. The third kappa shape index (κ3) is 3.32. The highest BCUT2D eigenvalue weighted by atomic mass is 28.4. The van der Waals surface area contributed by atoms with Crippen molar-refractivity contribution in [3.8, 4) is 0 Å². The summed E-state index contributed by atoms with van der Waals surface area (Å²) in [6.45, 7) is 9.36. The van der Waals surface area contributed by atoms with E-state index in [1.165, 1.54) is 43.8 Å². The molecule has 0 saturated heterocycles. The molecule has 1 nitrogen and oxygen atoms in total. The number of rotatable bonds is 5. The number of hydrogen-bond donors (Lipinski definition) is 0. The molecule has 0 aliphatic heterocycles. The molecule has 1 fully saturated rings. The summed E-state index contributed by atoms with van der Waals surface area (Å²) >= 11 is 0. The summed E-state index contributed by atoms with van der Waals surface area (Å²) in [6, 6.07) is 3.88. The van der Waals surface area contributed by atoms with Gasteiger partial charge in [-0.05, 0) is 36.9 Å². The van der Waals surface area contributed by atoms with Gasteiger partial charge in [0.15, 0.2) is 8.32 Å². The largest absolute Gasteiger partial charge is 0.414 e. The van der Waals surface area contributed by atoms with Crippen molar-refractivity contribution >= 4 is 8.32 Å². The SMILES string of the molecule is CC[Si](CC)(CC)OC1CCCCC1C. The van der Waals surface area contributed by atoms with Gasteiger partial charge in [0, 0.05) is 6.10 Å². The van der Waals surface area contributed by atoms with Crippen molar-refractivity contribution in [1.82, 2.24) is 0 Å². The molecule has 0 spiro atoms. The topological polar surface area (TPSA) is 9.23 Å². The van der Waals surface area contributed by atoms with Gasteiger partial charge in [-0.3, -0.25) is 0 Å². The van der Waals surface area contributed by atoms with Crippen LogP contribution in [0.2, 0.25) is 18.1 Å². The van der Waals surface area contributed by atoms with Gasteiger partial charge in [0.1, 0.15) is 0 Å².